The van der Waals surface area contributed by atoms with Crippen molar-refractivity contribution in [1.82, 2.24) is 10.6 Å². The Labute approximate surface area is 182 Å². The molecule has 2 aliphatic carbocycles. The molecule has 3 N–H and O–H groups in total. The molecule has 0 heterocycles. The lowest BCUT2D eigenvalue weighted by atomic mass is 9.82. The van der Waals surface area contributed by atoms with Gasteiger partial charge in [-0.1, -0.05) is 64.8 Å². The van der Waals surface area contributed by atoms with Gasteiger partial charge in [-0.3, -0.25) is 4.79 Å². The van der Waals surface area contributed by atoms with Gasteiger partial charge in [-0.15, -0.1) is 0 Å². The summed E-state index contributed by atoms with van der Waals surface area (Å²) in [5, 5.41) is 18.1. The molecular weight excluding hydrogens is 372 g/mol. The summed E-state index contributed by atoms with van der Waals surface area (Å²) in [6, 6.07) is 6.82. The molecule has 1 aromatic rings. The van der Waals surface area contributed by atoms with Crippen LogP contribution in [0.2, 0.25) is 0 Å². The number of para-hydroxylation sites is 1. The molecule has 1 saturated carbocycles. The topological polar surface area (TPSA) is 61.4 Å². The SMILES string of the molecule is CC(C)C1=CCCC(CNC2CCCCC2NCc2cccc(C(C)C)c2O)C1=O. The fraction of sp³-hybridized carbons (Fsp3) is 0.654. The van der Waals surface area contributed by atoms with E-state index in [-0.39, 0.29) is 5.92 Å². The van der Waals surface area contributed by atoms with Crippen molar-refractivity contribution < 1.29 is 9.90 Å². The Hall–Kier alpha value is -1.65. The summed E-state index contributed by atoms with van der Waals surface area (Å²) in [5.41, 5.74) is 3.00. The number of phenolic OH excluding ortho intramolecular Hbond substituents is 1. The molecule has 1 aromatic carbocycles. The minimum atomic E-state index is 0.113. The fourth-order valence-corrected chi connectivity index (χ4v) is 5.00. The lowest BCUT2D eigenvalue weighted by Gasteiger charge is -2.35. The Kier molecular flexibility index (Phi) is 8.13. The van der Waals surface area contributed by atoms with Gasteiger partial charge in [0, 0.05) is 36.7 Å². The molecule has 0 amide bonds. The number of rotatable bonds is 8. The molecule has 3 unspecified atom stereocenters. The van der Waals surface area contributed by atoms with E-state index in [1.165, 1.54) is 12.8 Å². The van der Waals surface area contributed by atoms with E-state index in [1.54, 1.807) is 0 Å². The average molecular weight is 413 g/mol. The number of allylic oxidation sites excluding steroid dienone is 2. The van der Waals surface area contributed by atoms with Crippen LogP contribution in [0.3, 0.4) is 0 Å². The van der Waals surface area contributed by atoms with Crippen molar-refractivity contribution in [2.45, 2.75) is 90.8 Å². The smallest absolute Gasteiger partial charge is 0.163 e. The Balaban J connectivity index is 1.58. The van der Waals surface area contributed by atoms with Gasteiger partial charge in [0.15, 0.2) is 5.78 Å². The second-order valence-corrected chi connectivity index (χ2v) is 9.75. The molecule has 2 aliphatic rings. The van der Waals surface area contributed by atoms with Crippen LogP contribution in [0.4, 0.5) is 0 Å². The largest absolute Gasteiger partial charge is 0.507 e. The summed E-state index contributed by atoms with van der Waals surface area (Å²) in [5.74, 6) is 1.52. The molecule has 0 radical (unpaired) electrons. The maximum absolute atomic E-state index is 12.8. The Morgan fingerprint density at radius 2 is 1.70 bits per heavy atom. The zero-order valence-electron chi connectivity index (χ0n) is 19.2. The lowest BCUT2D eigenvalue weighted by Crippen LogP contribution is -2.51. The highest BCUT2D eigenvalue weighted by molar-refractivity contribution is 5.98. The number of carbonyl (C=O) groups is 1. The molecular formula is C26H40N2O2. The van der Waals surface area contributed by atoms with Gasteiger partial charge in [-0.25, -0.2) is 0 Å². The molecule has 0 saturated heterocycles. The summed E-state index contributed by atoms with van der Waals surface area (Å²) in [4.78, 5) is 12.8. The Morgan fingerprint density at radius 1 is 1.00 bits per heavy atom. The molecule has 0 spiro atoms. The Morgan fingerprint density at radius 3 is 2.37 bits per heavy atom. The van der Waals surface area contributed by atoms with E-state index in [2.05, 4.69) is 44.4 Å². The van der Waals surface area contributed by atoms with Crippen LogP contribution in [-0.4, -0.2) is 29.5 Å². The highest BCUT2D eigenvalue weighted by atomic mass is 16.3. The number of carbonyl (C=O) groups excluding carboxylic acids is 1. The molecule has 30 heavy (non-hydrogen) atoms. The monoisotopic (exact) mass is 412 g/mol. The molecule has 166 valence electrons. The minimum absolute atomic E-state index is 0.113. The molecule has 0 aromatic heterocycles. The van der Waals surface area contributed by atoms with E-state index >= 15 is 0 Å². The third kappa shape index (κ3) is 5.53. The molecule has 1 fully saturated rings. The van der Waals surface area contributed by atoms with E-state index in [0.717, 1.165) is 48.9 Å². The van der Waals surface area contributed by atoms with Crippen LogP contribution in [0.25, 0.3) is 0 Å². The summed E-state index contributed by atoms with van der Waals surface area (Å²) in [6.45, 7) is 9.91. The molecule has 0 aliphatic heterocycles. The number of phenols is 1. The maximum Gasteiger partial charge on any atom is 0.163 e. The number of nitrogens with one attached hydrogen (secondary N) is 2. The van der Waals surface area contributed by atoms with Crippen LogP contribution in [0.1, 0.15) is 83.3 Å². The number of ketones is 1. The van der Waals surface area contributed by atoms with Crippen LogP contribution >= 0.6 is 0 Å². The van der Waals surface area contributed by atoms with Gasteiger partial charge in [0.05, 0.1) is 0 Å². The normalized spacial score (nSPS) is 25.1. The van der Waals surface area contributed by atoms with E-state index in [4.69, 9.17) is 0 Å². The summed E-state index contributed by atoms with van der Waals surface area (Å²) in [7, 11) is 0. The van der Waals surface area contributed by atoms with Crippen LogP contribution in [0, 0.1) is 11.8 Å². The molecule has 3 rings (SSSR count). The van der Waals surface area contributed by atoms with E-state index in [0.29, 0.717) is 42.0 Å². The van der Waals surface area contributed by atoms with Crippen molar-refractivity contribution in [3.05, 3.63) is 41.0 Å². The Bertz CT molecular complexity index is 753. The van der Waals surface area contributed by atoms with Gasteiger partial charge in [-0.05, 0) is 48.7 Å². The second kappa shape index (κ2) is 10.6. The van der Waals surface area contributed by atoms with Gasteiger partial charge in [0.25, 0.3) is 0 Å². The maximum atomic E-state index is 12.8. The molecule has 4 nitrogen and oxygen atoms in total. The zero-order valence-corrected chi connectivity index (χ0v) is 19.2. The van der Waals surface area contributed by atoms with Crippen LogP contribution in [0.5, 0.6) is 5.75 Å². The standard InChI is InChI=1S/C26H40N2O2/c1-17(2)21-11-7-9-19(25(21)29)15-27-23-13-5-6-14-24(23)28-16-20-10-8-12-22(18(3)4)26(20)30/h7,9,11-12,17-18,20,23-24,27-29H,5-6,8,10,13-16H2,1-4H3. The van der Waals surface area contributed by atoms with Gasteiger partial charge in [0.1, 0.15) is 5.75 Å². The first-order valence-corrected chi connectivity index (χ1v) is 11.9. The first-order valence-electron chi connectivity index (χ1n) is 11.9. The average Bonchev–Trinajstić information content (AvgIpc) is 2.72. The predicted octanol–water partition coefficient (Wildman–Crippen LogP) is 5.07. The fourth-order valence-electron chi connectivity index (χ4n) is 5.00. The zero-order chi connectivity index (χ0) is 21.7. The van der Waals surface area contributed by atoms with Crippen molar-refractivity contribution in [2.24, 2.45) is 11.8 Å². The van der Waals surface area contributed by atoms with Crippen molar-refractivity contribution in [3.63, 3.8) is 0 Å². The molecule has 0 bridgehead atoms. The number of hydrogen-bond donors (Lipinski definition) is 3. The first kappa shape index (κ1) is 23.0. The highest BCUT2D eigenvalue weighted by Crippen LogP contribution is 2.30. The summed E-state index contributed by atoms with van der Waals surface area (Å²) in [6.07, 6.45) is 8.87. The molecule has 3 atom stereocenters. The van der Waals surface area contributed by atoms with Crippen LogP contribution in [0.15, 0.2) is 29.8 Å². The van der Waals surface area contributed by atoms with Gasteiger partial charge in [-0.2, -0.15) is 0 Å². The van der Waals surface area contributed by atoms with E-state index in [1.807, 2.05) is 18.2 Å². The van der Waals surface area contributed by atoms with Gasteiger partial charge < -0.3 is 15.7 Å². The summed E-state index contributed by atoms with van der Waals surface area (Å²) >= 11 is 0. The number of Topliss-reactive ketones (excluding diaryl/α,β-unsaturated/α-hetero) is 1. The van der Waals surface area contributed by atoms with Gasteiger partial charge in [0.2, 0.25) is 0 Å². The van der Waals surface area contributed by atoms with Crippen LogP contribution < -0.4 is 10.6 Å². The number of benzene rings is 1. The summed E-state index contributed by atoms with van der Waals surface area (Å²) < 4.78 is 0. The van der Waals surface area contributed by atoms with E-state index < -0.39 is 0 Å². The lowest BCUT2D eigenvalue weighted by molar-refractivity contribution is -0.120. The van der Waals surface area contributed by atoms with Gasteiger partial charge >= 0.3 is 0 Å². The van der Waals surface area contributed by atoms with E-state index in [9.17, 15) is 9.90 Å². The van der Waals surface area contributed by atoms with Crippen molar-refractivity contribution in [1.29, 1.82) is 0 Å². The third-order valence-electron chi connectivity index (χ3n) is 6.88. The second-order valence-electron chi connectivity index (χ2n) is 9.75. The predicted molar refractivity (Wildman–Crippen MR) is 124 cm³/mol. The quantitative estimate of drug-likeness (QED) is 0.558. The third-order valence-corrected chi connectivity index (χ3v) is 6.88. The minimum Gasteiger partial charge on any atom is -0.507 e. The van der Waals surface area contributed by atoms with Crippen LogP contribution in [-0.2, 0) is 11.3 Å². The first-order chi connectivity index (χ1) is 14.4. The van der Waals surface area contributed by atoms with Crippen molar-refractivity contribution in [2.75, 3.05) is 6.54 Å². The number of aromatic hydroxyl groups is 1. The number of hydrogen-bond acceptors (Lipinski definition) is 4. The highest BCUT2D eigenvalue weighted by Gasteiger charge is 2.30. The van der Waals surface area contributed by atoms with Crippen molar-refractivity contribution >= 4 is 5.78 Å². The molecule has 4 heteroatoms. The van der Waals surface area contributed by atoms with Crippen molar-refractivity contribution in [3.8, 4) is 5.75 Å².